The molecule has 4 N–H and O–H groups in total. The number of unbranched alkanes of at least 4 members (excludes halogenated alkanes) is 15. The monoisotopic (exact) mass is 931 g/mol. The predicted octanol–water partition coefficient (Wildman–Crippen LogP) is 13.9. The number of aryl methyl sites for hydroxylation is 1. The molecule has 0 radical (unpaired) electrons. The molecular formula is C49H62ClN5O7S2. The number of aromatic hydroxyl groups is 1. The maximum Gasteiger partial charge on any atom is 0.294 e. The van der Waals surface area contributed by atoms with E-state index in [1.54, 1.807) is 36.4 Å². The summed E-state index contributed by atoms with van der Waals surface area (Å²) in [6, 6.07) is 22.9. The van der Waals surface area contributed by atoms with Crippen LogP contribution >= 0.6 is 11.6 Å². The number of phenols is 1. The number of anilines is 3. The number of hydrogen-bond acceptors (Lipinski definition) is 9. The standard InChI is InChI=1S/C49H62ClN5O7S2/c1-4-5-6-7-8-9-10-11-12-13-14-15-16-17-18-21-32-55(3)47-31-29-39(64(60,61)62)34-46(47)51-49(57)42-35-44(40-22-19-20-23-41(40)48(42)56)52-53-45-33-37(26-30-43(45)50)54-63(58,59)38-27-24-36(2)25-28-38/h19-20,22-31,33-35,54,56H,4-18,21,32H2,1-3H3,(H,51,57)(H,60,61,62). The van der Waals surface area contributed by atoms with Crippen molar-refractivity contribution in [3.05, 3.63) is 107 Å². The summed E-state index contributed by atoms with van der Waals surface area (Å²) < 4.78 is 63.0. The van der Waals surface area contributed by atoms with Crippen molar-refractivity contribution in [3.8, 4) is 5.75 Å². The van der Waals surface area contributed by atoms with Gasteiger partial charge in [0, 0.05) is 24.4 Å². The summed E-state index contributed by atoms with van der Waals surface area (Å²) in [5, 5.41) is 23.8. The normalized spacial score (nSPS) is 12.0. The Labute approximate surface area is 384 Å². The number of carbonyl (C=O) groups excluding carboxylic acids is 1. The number of halogens is 1. The summed E-state index contributed by atoms with van der Waals surface area (Å²) in [6.07, 6.45) is 20.1. The molecule has 12 nitrogen and oxygen atoms in total. The summed E-state index contributed by atoms with van der Waals surface area (Å²) >= 11 is 6.47. The van der Waals surface area contributed by atoms with Gasteiger partial charge >= 0.3 is 0 Å². The molecular weight excluding hydrogens is 870 g/mol. The summed E-state index contributed by atoms with van der Waals surface area (Å²) in [6.45, 7) is 4.75. The highest BCUT2D eigenvalue weighted by Crippen LogP contribution is 2.39. The number of rotatable bonds is 26. The maximum atomic E-state index is 14.1. The fourth-order valence-electron chi connectivity index (χ4n) is 7.60. The Balaban J connectivity index is 1.25. The summed E-state index contributed by atoms with van der Waals surface area (Å²) in [5.41, 5.74) is 1.89. The van der Waals surface area contributed by atoms with Gasteiger partial charge in [-0.1, -0.05) is 157 Å². The number of carbonyl (C=O) groups is 1. The van der Waals surface area contributed by atoms with Crippen LogP contribution in [0.1, 0.15) is 126 Å². The van der Waals surface area contributed by atoms with Crippen molar-refractivity contribution in [2.45, 2.75) is 126 Å². The number of phenolic OH excluding ortho intramolecular Hbond substituents is 1. The minimum Gasteiger partial charge on any atom is -0.506 e. The van der Waals surface area contributed by atoms with Gasteiger partial charge in [-0.05, 0) is 67.9 Å². The fraction of sp³-hybridized carbons (Fsp3) is 0.408. The Morgan fingerprint density at radius 3 is 1.81 bits per heavy atom. The van der Waals surface area contributed by atoms with Crippen LogP contribution in [0.15, 0.2) is 111 Å². The summed E-state index contributed by atoms with van der Waals surface area (Å²) in [5.74, 6) is -1.11. The fourth-order valence-corrected chi connectivity index (χ4v) is 9.32. The average Bonchev–Trinajstić information content (AvgIpc) is 3.26. The molecule has 0 aliphatic carbocycles. The van der Waals surface area contributed by atoms with E-state index < -0.39 is 30.9 Å². The van der Waals surface area contributed by atoms with Gasteiger partial charge < -0.3 is 15.3 Å². The molecule has 0 spiro atoms. The third-order valence-electron chi connectivity index (χ3n) is 11.3. The van der Waals surface area contributed by atoms with Crippen LogP contribution in [0.3, 0.4) is 0 Å². The zero-order valence-corrected chi connectivity index (χ0v) is 39.5. The Bertz CT molecular complexity index is 2590. The van der Waals surface area contributed by atoms with Crippen LogP contribution < -0.4 is 14.9 Å². The van der Waals surface area contributed by atoms with Crippen LogP contribution in [0.2, 0.25) is 5.02 Å². The molecule has 0 atom stereocenters. The van der Waals surface area contributed by atoms with Gasteiger partial charge in [0.05, 0.1) is 43.1 Å². The van der Waals surface area contributed by atoms with E-state index in [-0.39, 0.29) is 44.0 Å². The molecule has 0 saturated carbocycles. The van der Waals surface area contributed by atoms with Crippen molar-refractivity contribution in [3.63, 3.8) is 0 Å². The third kappa shape index (κ3) is 14.8. The van der Waals surface area contributed by atoms with Crippen LogP contribution in [0.5, 0.6) is 5.75 Å². The van der Waals surface area contributed by atoms with E-state index in [9.17, 15) is 31.3 Å². The van der Waals surface area contributed by atoms with E-state index in [1.165, 1.54) is 138 Å². The van der Waals surface area contributed by atoms with Crippen LogP contribution in [-0.2, 0) is 20.1 Å². The van der Waals surface area contributed by atoms with Gasteiger partial charge in [0.15, 0.2) is 0 Å². The van der Waals surface area contributed by atoms with E-state index in [0.29, 0.717) is 23.0 Å². The van der Waals surface area contributed by atoms with Crippen molar-refractivity contribution in [1.29, 1.82) is 0 Å². The lowest BCUT2D eigenvalue weighted by atomic mass is 10.0. The Morgan fingerprint density at radius 1 is 0.672 bits per heavy atom. The van der Waals surface area contributed by atoms with Gasteiger partial charge in [-0.25, -0.2) is 8.42 Å². The lowest BCUT2D eigenvalue weighted by Crippen LogP contribution is -2.22. The van der Waals surface area contributed by atoms with Crippen LogP contribution in [0.25, 0.3) is 10.8 Å². The van der Waals surface area contributed by atoms with E-state index in [2.05, 4.69) is 27.2 Å². The lowest BCUT2D eigenvalue weighted by molar-refractivity contribution is 0.102. The van der Waals surface area contributed by atoms with Crippen molar-refractivity contribution in [2.24, 2.45) is 10.2 Å². The van der Waals surface area contributed by atoms with Crippen LogP contribution in [0, 0.1) is 6.92 Å². The highest BCUT2D eigenvalue weighted by Gasteiger charge is 2.22. The quantitative estimate of drug-likeness (QED) is 0.0240. The molecule has 0 aliphatic rings. The van der Waals surface area contributed by atoms with Gasteiger partial charge in [0.1, 0.15) is 11.4 Å². The van der Waals surface area contributed by atoms with Crippen molar-refractivity contribution in [2.75, 3.05) is 28.5 Å². The molecule has 0 heterocycles. The molecule has 0 bridgehead atoms. The second kappa shape index (κ2) is 24.3. The zero-order chi connectivity index (χ0) is 46.1. The predicted molar refractivity (Wildman–Crippen MR) is 260 cm³/mol. The van der Waals surface area contributed by atoms with E-state index >= 15 is 0 Å². The number of amides is 1. The van der Waals surface area contributed by atoms with Gasteiger partial charge in [-0.2, -0.15) is 8.42 Å². The molecule has 0 unspecified atom stereocenters. The second-order valence-electron chi connectivity index (χ2n) is 16.5. The number of nitrogens with zero attached hydrogens (tertiary/aromatic N) is 3. The first-order chi connectivity index (χ1) is 30.7. The first kappa shape index (κ1) is 50.0. The molecule has 5 rings (SSSR count). The SMILES string of the molecule is CCCCCCCCCCCCCCCCCCN(C)c1ccc(S(=O)(=O)O)cc1NC(=O)c1cc(N=Nc2cc(NS(=O)(=O)c3ccc(C)cc3)ccc2Cl)c2ccccc2c1O. The minimum absolute atomic E-state index is 0.0801. The molecule has 5 aromatic rings. The molecule has 15 heteroatoms. The molecule has 0 aromatic heterocycles. The number of benzene rings is 5. The highest BCUT2D eigenvalue weighted by atomic mass is 35.5. The van der Waals surface area contributed by atoms with Gasteiger partial charge in [-0.15, -0.1) is 10.2 Å². The summed E-state index contributed by atoms with van der Waals surface area (Å²) in [7, 11) is -6.69. The van der Waals surface area contributed by atoms with E-state index in [4.69, 9.17) is 11.6 Å². The molecule has 1 amide bonds. The first-order valence-corrected chi connectivity index (χ1v) is 25.7. The van der Waals surface area contributed by atoms with E-state index in [1.807, 2.05) is 18.9 Å². The maximum absolute atomic E-state index is 14.1. The van der Waals surface area contributed by atoms with Crippen molar-refractivity contribution in [1.82, 2.24) is 0 Å². The van der Waals surface area contributed by atoms with Crippen molar-refractivity contribution < 1.29 is 31.3 Å². The van der Waals surface area contributed by atoms with Gasteiger partial charge in [0.2, 0.25) is 0 Å². The Hall–Kier alpha value is -5.02. The molecule has 0 aliphatic heterocycles. The second-order valence-corrected chi connectivity index (χ2v) is 20.0. The number of nitrogens with one attached hydrogen (secondary N) is 2. The summed E-state index contributed by atoms with van der Waals surface area (Å²) in [4.78, 5) is 15.7. The number of azo groups is 1. The smallest absolute Gasteiger partial charge is 0.294 e. The number of sulfonamides is 1. The van der Waals surface area contributed by atoms with Crippen LogP contribution in [0.4, 0.5) is 28.4 Å². The highest BCUT2D eigenvalue weighted by molar-refractivity contribution is 7.92. The molecule has 0 saturated heterocycles. The molecule has 344 valence electrons. The minimum atomic E-state index is -4.62. The largest absolute Gasteiger partial charge is 0.506 e. The molecule has 64 heavy (non-hydrogen) atoms. The number of fused-ring (bicyclic) bond motifs is 1. The Kier molecular flexibility index (Phi) is 19.0. The molecule has 5 aromatic carbocycles. The average molecular weight is 933 g/mol. The van der Waals surface area contributed by atoms with Gasteiger partial charge in [-0.3, -0.25) is 14.1 Å². The molecule has 0 fully saturated rings. The zero-order valence-electron chi connectivity index (χ0n) is 37.2. The number of hydrogen-bond donors (Lipinski definition) is 4. The Morgan fingerprint density at radius 2 is 1.22 bits per heavy atom. The first-order valence-electron chi connectivity index (χ1n) is 22.4. The lowest BCUT2D eigenvalue weighted by Gasteiger charge is -2.23. The van der Waals surface area contributed by atoms with Crippen LogP contribution in [-0.4, -0.2) is 46.0 Å². The van der Waals surface area contributed by atoms with E-state index in [0.717, 1.165) is 24.8 Å². The van der Waals surface area contributed by atoms with Gasteiger partial charge in [0.25, 0.3) is 26.0 Å². The third-order valence-corrected chi connectivity index (χ3v) is 13.9. The topological polar surface area (TPSA) is 178 Å². The van der Waals surface area contributed by atoms with Crippen molar-refractivity contribution >= 4 is 76.9 Å².